The minimum atomic E-state index is -1.06. The van der Waals surface area contributed by atoms with Crippen molar-refractivity contribution in [2.45, 2.75) is 39.0 Å². The van der Waals surface area contributed by atoms with Gasteiger partial charge in [-0.3, -0.25) is 19.5 Å². The number of rotatable bonds is 3. The van der Waals surface area contributed by atoms with Crippen LogP contribution in [0.25, 0.3) is 0 Å². The molecule has 1 unspecified atom stereocenters. The van der Waals surface area contributed by atoms with Crippen molar-refractivity contribution in [3.63, 3.8) is 0 Å². The van der Waals surface area contributed by atoms with Crippen LogP contribution in [0, 0.1) is 5.41 Å². The molecule has 1 aromatic heterocycles. The molecule has 2 heterocycles. The third-order valence-electron chi connectivity index (χ3n) is 5.58. The summed E-state index contributed by atoms with van der Waals surface area (Å²) in [6.45, 7) is 4.03. The zero-order valence-electron chi connectivity index (χ0n) is 16.4. The van der Waals surface area contributed by atoms with Crippen molar-refractivity contribution in [2.75, 3.05) is 4.90 Å². The summed E-state index contributed by atoms with van der Waals surface area (Å²) in [5.74, 6) is -1.49. The van der Waals surface area contributed by atoms with Gasteiger partial charge in [0.1, 0.15) is 0 Å². The van der Waals surface area contributed by atoms with E-state index in [-0.39, 0.29) is 35.0 Å². The van der Waals surface area contributed by atoms with Gasteiger partial charge in [-0.25, -0.2) is 4.79 Å². The van der Waals surface area contributed by atoms with Crippen LogP contribution in [0.1, 0.15) is 54.9 Å². The predicted octanol–water partition coefficient (Wildman–Crippen LogP) is 3.94. The number of aromatic carboxylic acids is 1. The summed E-state index contributed by atoms with van der Waals surface area (Å²) in [6.07, 6.45) is 4.50. The molecule has 0 saturated heterocycles. The number of Topliss-reactive ketones (excluding diaryl/α,β-unsaturated/α-hetero) is 1. The second-order valence-corrected chi connectivity index (χ2v) is 8.43. The van der Waals surface area contributed by atoms with Crippen LogP contribution in [0.15, 0.2) is 60.1 Å². The molecule has 1 aromatic carbocycles. The monoisotopic (exact) mass is 390 g/mol. The highest BCUT2D eigenvalue weighted by atomic mass is 16.4. The van der Waals surface area contributed by atoms with Gasteiger partial charge in [0, 0.05) is 48.1 Å². The summed E-state index contributed by atoms with van der Waals surface area (Å²) in [4.78, 5) is 43.5. The number of carbonyl (C=O) groups is 3. The zero-order valence-corrected chi connectivity index (χ0v) is 16.4. The van der Waals surface area contributed by atoms with Gasteiger partial charge in [0.25, 0.3) is 0 Å². The van der Waals surface area contributed by atoms with E-state index >= 15 is 0 Å². The van der Waals surface area contributed by atoms with Crippen molar-refractivity contribution >= 4 is 23.3 Å². The number of amides is 1. The third kappa shape index (κ3) is 3.46. The molecular formula is C23H22N2O4. The number of hydrogen-bond donors (Lipinski definition) is 1. The highest BCUT2D eigenvalue weighted by molar-refractivity contribution is 6.08. The molecule has 1 N–H and O–H groups in total. The van der Waals surface area contributed by atoms with Gasteiger partial charge in [-0.05, 0) is 41.7 Å². The Morgan fingerprint density at radius 3 is 2.66 bits per heavy atom. The highest BCUT2D eigenvalue weighted by Gasteiger charge is 2.44. The van der Waals surface area contributed by atoms with E-state index in [1.54, 1.807) is 35.5 Å². The van der Waals surface area contributed by atoms with E-state index in [1.807, 2.05) is 19.9 Å². The number of ketones is 1. The number of pyridine rings is 1. The first-order valence-electron chi connectivity index (χ1n) is 9.59. The maximum absolute atomic E-state index is 13.2. The number of anilines is 1. The lowest BCUT2D eigenvalue weighted by Gasteiger charge is -2.42. The Morgan fingerprint density at radius 1 is 1.17 bits per heavy atom. The van der Waals surface area contributed by atoms with E-state index in [0.29, 0.717) is 29.8 Å². The third-order valence-corrected chi connectivity index (χ3v) is 5.58. The van der Waals surface area contributed by atoms with Gasteiger partial charge in [0.2, 0.25) is 5.91 Å². The van der Waals surface area contributed by atoms with Crippen LogP contribution in [-0.2, 0) is 9.59 Å². The number of benzene rings is 1. The molecule has 6 heteroatoms. The molecule has 2 aliphatic rings. The Kier molecular flexibility index (Phi) is 4.57. The van der Waals surface area contributed by atoms with E-state index in [1.165, 1.54) is 12.1 Å². The van der Waals surface area contributed by atoms with Crippen molar-refractivity contribution in [3.8, 4) is 0 Å². The summed E-state index contributed by atoms with van der Waals surface area (Å²) in [7, 11) is 0. The quantitative estimate of drug-likeness (QED) is 0.858. The van der Waals surface area contributed by atoms with E-state index in [0.717, 1.165) is 5.56 Å². The van der Waals surface area contributed by atoms with Crippen LogP contribution in [0.3, 0.4) is 0 Å². The van der Waals surface area contributed by atoms with Crippen LogP contribution in [0.5, 0.6) is 0 Å². The number of aromatic nitrogens is 1. The zero-order chi connectivity index (χ0) is 20.8. The fourth-order valence-electron chi connectivity index (χ4n) is 4.36. The number of hydrogen-bond acceptors (Lipinski definition) is 4. The highest BCUT2D eigenvalue weighted by Crippen LogP contribution is 2.48. The standard InChI is InChI=1S/C23H22N2O4/c1-23(2)11-18-21(19(26)12-23)17(15-6-4-8-24-13-15)10-20(27)25(18)16-7-3-5-14(9-16)22(28)29/h3-9,13,17H,10-12H2,1-2H3,(H,28,29). The maximum atomic E-state index is 13.2. The van der Waals surface area contributed by atoms with Gasteiger partial charge >= 0.3 is 5.97 Å². The summed E-state index contributed by atoms with van der Waals surface area (Å²) in [6, 6.07) is 10.0. The average molecular weight is 390 g/mol. The van der Waals surface area contributed by atoms with E-state index in [9.17, 15) is 19.5 Å². The van der Waals surface area contributed by atoms with E-state index < -0.39 is 5.97 Å². The van der Waals surface area contributed by atoms with Gasteiger partial charge in [-0.1, -0.05) is 26.0 Å². The normalized spacial score (nSPS) is 21.2. The molecular weight excluding hydrogens is 368 g/mol. The van der Waals surface area contributed by atoms with Gasteiger partial charge in [-0.15, -0.1) is 0 Å². The Bertz CT molecular complexity index is 1040. The Morgan fingerprint density at radius 2 is 1.97 bits per heavy atom. The van der Waals surface area contributed by atoms with Crippen LogP contribution >= 0.6 is 0 Å². The van der Waals surface area contributed by atoms with E-state index in [2.05, 4.69) is 4.98 Å². The first-order valence-corrected chi connectivity index (χ1v) is 9.59. The maximum Gasteiger partial charge on any atom is 0.335 e. The molecule has 148 valence electrons. The SMILES string of the molecule is CC1(C)CC(=O)C2=C(C1)N(c1cccc(C(=O)O)c1)C(=O)CC2c1cccnc1. The Hall–Kier alpha value is -3.28. The largest absolute Gasteiger partial charge is 0.478 e. The second-order valence-electron chi connectivity index (χ2n) is 8.43. The van der Waals surface area contributed by atoms with Crippen LogP contribution in [0.4, 0.5) is 5.69 Å². The van der Waals surface area contributed by atoms with Gasteiger partial charge in [0.05, 0.1) is 5.56 Å². The molecule has 0 spiro atoms. The van der Waals surface area contributed by atoms with Crippen molar-refractivity contribution < 1.29 is 19.5 Å². The van der Waals surface area contributed by atoms with Crippen LogP contribution in [-0.4, -0.2) is 27.8 Å². The predicted molar refractivity (Wildman–Crippen MR) is 108 cm³/mol. The van der Waals surface area contributed by atoms with Crippen molar-refractivity contribution in [1.29, 1.82) is 0 Å². The van der Waals surface area contributed by atoms with Gasteiger partial charge in [-0.2, -0.15) is 0 Å². The molecule has 1 aliphatic heterocycles. The van der Waals surface area contributed by atoms with Crippen molar-refractivity contribution in [3.05, 3.63) is 71.2 Å². The molecule has 29 heavy (non-hydrogen) atoms. The van der Waals surface area contributed by atoms with Crippen molar-refractivity contribution in [2.24, 2.45) is 5.41 Å². The van der Waals surface area contributed by atoms with Crippen LogP contribution < -0.4 is 4.90 Å². The summed E-state index contributed by atoms with van der Waals surface area (Å²) in [5.41, 5.74) is 2.48. The minimum absolute atomic E-state index is 0.0389. The molecule has 0 fully saturated rings. The molecule has 6 nitrogen and oxygen atoms in total. The van der Waals surface area contributed by atoms with E-state index in [4.69, 9.17) is 0 Å². The fourth-order valence-corrected chi connectivity index (χ4v) is 4.36. The molecule has 1 atom stereocenters. The van der Waals surface area contributed by atoms with Crippen LogP contribution in [0.2, 0.25) is 0 Å². The minimum Gasteiger partial charge on any atom is -0.478 e. The fraction of sp³-hybridized carbons (Fsp3) is 0.304. The first-order chi connectivity index (χ1) is 13.8. The number of nitrogens with zero attached hydrogens (tertiary/aromatic N) is 2. The topological polar surface area (TPSA) is 87.6 Å². The number of allylic oxidation sites excluding steroid dienone is 2. The lowest BCUT2D eigenvalue weighted by Crippen LogP contribution is -2.43. The number of carboxylic acids is 1. The molecule has 0 saturated carbocycles. The van der Waals surface area contributed by atoms with Gasteiger partial charge in [0.15, 0.2) is 5.78 Å². The molecule has 0 bridgehead atoms. The lowest BCUT2D eigenvalue weighted by molar-refractivity contribution is -0.121. The average Bonchev–Trinajstić information content (AvgIpc) is 2.67. The molecule has 4 rings (SSSR count). The molecule has 2 aromatic rings. The lowest BCUT2D eigenvalue weighted by atomic mass is 9.69. The van der Waals surface area contributed by atoms with Crippen molar-refractivity contribution in [1.82, 2.24) is 4.98 Å². The summed E-state index contributed by atoms with van der Waals surface area (Å²) >= 11 is 0. The molecule has 0 radical (unpaired) electrons. The van der Waals surface area contributed by atoms with Gasteiger partial charge < -0.3 is 5.11 Å². The number of carbonyl (C=O) groups excluding carboxylic acids is 2. The second kappa shape index (κ2) is 6.95. The molecule has 1 amide bonds. The first kappa shape index (κ1) is 19.1. The molecule has 1 aliphatic carbocycles. The summed E-state index contributed by atoms with van der Waals surface area (Å²) in [5, 5.41) is 9.35. The smallest absolute Gasteiger partial charge is 0.335 e. The Balaban J connectivity index is 1.90. The summed E-state index contributed by atoms with van der Waals surface area (Å²) < 4.78 is 0. The Labute approximate surface area is 168 Å². The number of carboxylic acid groups (broad SMARTS) is 1.